The fourth-order valence-electron chi connectivity index (χ4n) is 2.94. The van der Waals surface area contributed by atoms with Crippen LogP contribution in [0.4, 0.5) is 0 Å². The van der Waals surface area contributed by atoms with Gasteiger partial charge in [-0.3, -0.25) is 4.79 Å². The minimum Gasteiger partial charge on any atom is -0.294 e. The van der Waals surface area contributed by atoms with E-state index in [1.165, 1.54) is 0 Å². The molecular weight excluding hydrogens is 232 g/mol. The summed E-state index contributed by atoms with van der Waals surface area (Å²) in [5.74, 6) is 0.220. The van der Waals surface area contributed by atoms with E-state index >= 15 is 0 Å². The molecule has 0 saturated heterocycles. The van der Waals surface area contributed by atoms with Gasteiger partial charge in [-0.2, -0.15) is 0 Å². The summed E-state index contributed by atoms with van der Waals surface area (Å²) < 4.78 is 0. The third-order valence-electron chi connectivity index (χ3n) is 3.83. The summed E-state index contributed by atoms with van der Waals surface area (Å²) in [5, 5.41) is 2.23. The van der Waals surface area contributed by atoms with Gasteiger partial charge in [0, 0.05) is 12.0 Å². The lowest BCUT2D eigenvalue weighted by atomic mass is 10.0. The molecule has 0 aliphatic heterocycles. The lowest BCUT2D eigenvalue weighted by Gasteiger charge is -2.01. The van der Waals surface area contributed by atoms with E-state index in [0.29, 0.717) is 6.42 Å². The molecule has 0 unspecified atom stereocenters. The van der Waals surface area contributed by atoms with Gasteiger partial charge in [0.25, 0.3) is 0 Å². The molecule has 0 radical (unpaired) electrons. The monoisotopic (exact) mass is 244 g/mol. The zero-order valence-corrected chi connectivity index (χ0v) is 10.4. The number of rotatable bonds is 0. The van der Waals surface area contributed by atoms with Gasteiger partial charge in [0.1, 0.15) is 0 Å². The molecule has 0 amide bonds. The van der Waals surface area contributed by atoms with E-state index in [4.69, 9.17) is 0 Å². The largest absolute Gasteiger partial charge is 0.294 e. The summed E-state index contributed by atoms with van der Waals surface area (Å²) in [6.07, 6.45) is 4.74. The number of hydrogen-bond donors (Lipinski definition) is 0. The Balaban J connectivity index is 2.08. The highest BCUT2D eigenvalue weighted by atomic mass is 16.1. The van der Waals surface area contributed by atoms with E-state index in [9.17, 15) is 4.79 Å². The molecule has 1 nitrogen and oxygen atoms in total. The molecule has 0 atom stereocenters. The molecule has 2 aromatic rings. The summed E-state index contributed by atoms with van der Waals surface area (Å²) in [6, 6.07) is 16.2. The second-order valence-electron chi connectivity index (χ2n) is 5.01. The summed E-state index contributed by atoms with van der Waals surface area (Å²) >= 11 is 0. The molecule has 2 aliphatic carbocycles. The Bertz CT molecular complexity index is 853. The third kappa shape index (κ3) is 1.52. The summed E-state index contributed by atoms with van der Waals surface area (Å²) in [6.45, 7) is 0. The molecule has 0 heterocycles. The number of allylic oxidation sites excluding steroid dienone is 1. The van der Waals surface area contributed by atoms with Gasteiger partial charge in [0.05, 0.1) is 0 Å². The summed E-state index contributed by atoms with van der Waals surface area (Å²) in [5.41, 5.74) is 4.21. The zero-order valence-electron chi connectivity index (χ0n) is 10.4. The van der Waals surface area contributed by atoms with Crippen molar-refractivity contribution in [3.8, 4) is 0 Å². The Morgan fingerprint density at radius 1 is 0.842 bits per heavy atom. The minimum absolute atomic E-state index is 0.220. The van der Waals surface area contributed by atoms with E-state index in [1.54, 1.807) is 0 Å². The molecule has 2 aliphatic rings. The standard InChI is InChI=1S/C18H12O/c19-17-11-13-6-2-1-5-12(13)9-15-10-14-7-3-4-8-16(14)18(15)17/h1-10H,11H2. The second-order valence-corrected chi connectivity index (χ2v) is 5.01. The lowest BCUT2D eigenvalue weighted by molar-refractivity contribution is -0.113. The minimum atomic E-state index is 0.220. The number of fused-ring (bicyclic) bond motifs is 3. The first-order valence-electron chi connectivity index (χ1n) is 6.47. The van der Waals surface area contributed by atoms with E-state index in [0.717, 1.165) is 32.7 Å². The summed E-state index contributed by atoms with van der Waals surface area (Å²) in [7, 11) is 0. The highest BCUT2D eigenvalue weighted by molar-refractivity contribution is 6.26. The van der Waals surface area contributed by atoms with Crippen molar-refractivity contribution in [3.05, 3.63) is 75.7 Å². The van der Waals surface area contributed by atoms with E-state index < -0.39 is 0 Å². The fourth-order valence-corrected chi connectivity index (χ4v) is 2.94. The number of Topliss-reactive ketones (excluding diaryl/α,β-unsaturated/α-hetero) is 1. The Hall–Kier alpha value is -2.41. The number of carbonyl (C=O) groups excluding carboxylic acids is 1. The maximum Gasteiger partial charge on any atom is 0.168 e. The predicted octanol–water partition coefficient (Wildman–Crippen LogP) is 1.84. The van der Waals surface area contributed by atoms with E-state index in [2.05, 4.69) is 24.3 Å². The molecule has 0 spiro atoms. The molecule has 0 fully saturated rings. The molecular formula is C18H12O. The van der Waals surface area contributed by atoms with Crippen molar-refractivity contribution in [3.63, 3.8) is 0 Å². The molecule has 2 aromatic carbocycles. The number of benzene rings is 2. The van der Waals surface area contributed by atoms with E-state index in [1.807, 2.05) is 36.4 Å². The van der Waals surface area contributed by atoms with Crippen LogP contribution in [0, 0.1) is 0 Å². The van der Waals surface area contributed by atoms with Gasteiger partial charge in [0.2, 0.25) is 0 Å². The Morgan fingerprint density at radius 3 is 2.58 bits per heavy atom. The van der Waals surface area contributed by atoms with Crippen molar-refractivity contribution < 1.29 is 4.79 Å². The van der Waals surface area contributed by atoms with Crippen molar-refractivity contribution in [1.82, 2.24) is 0 Å². The SMILES string of the molecule is O=C1Cc2ccccc2C=C2C=c3ccccc3=C12. The number of ketones is 1. The first-order valence-corrected chi connectivity index (χ1v) is 6.47. The number of hydrogen-bond acceptors (Lipinski definition) is 1. The molecule has 90 valence electrons. The fraction of sp³-hybridized carbons (Fsp3) is 0.0556. The molecule has 0 bridgehead atoms. The molecule has 0 N–H and O–H groups in total. The molecule has 0 aromatic heterocycles. The Morgan fingerprint density at radius 2 is 1.63 bits per heavy atom. The van der Waals surface area contributed by atoms with Gasteiger partial charge in [-0.25, -0.2) is 0 Å². The van der Waals surface area contributed by atoms with Crippen molar-refractivity contribution >= 4 is 23.5 Å². The van der Waals surface area contributed by atoms with Gasteiger partial charge in [-0.15, -0.1) is 0 Å². The van der Waals surface area contributed by atoms with Crippen LogP contribution >= 0.6 is 0 Å². The first-order chi connectivity index (χ1) is 9.33. The third-order valence-corrected chi connectivity index (χ3v) is 3.83. The average molecular weight is 244 g/mol. The maximum absolute atomic E-state index is 12.5. The second kappa shape index (κ2) is 3.79. The highest BCUT2D eigenvalue weighted by Gasteiger charge is 2.22. The Kier molecular flexibility index (Phi) is 2.10. The van der Waals surface area contributed by atoms with Gasteiger partial charge in [-0.1, -0.05) is 48.5 Å². The highest BCUT2D eigenvalue weighted by Crippen LogP contribution is 2.27. The molecule has 4 rings (SSSR count). The normalized spacial score (nSPS) is 15.9. The van der Waals surface area contributed by atoms with Gasteiger partial charge in [0.15, 0.2) is 5.78 Å². The molecule has 1 heteroatoms. The molecule has 19 heavy (non-hydrogen) atoms. The average Bonchev–Trinajstić information content (AvgIpc) is 2.72. The first kappa shape index (κ1) is 10.5. The van der Waals surface area contributed by atoms with E-state index in [-0.39, 0.29) is 5.78 Å². The van der Waals surface area contributed by atoms with Crippen LogP contribution in [0.2, 0.25) is 0 Å². The Labute approximate surface area is 111 Å². The van der Waals surface area contributed by atoms with Crippen LogP contribution in [0.5, 0.6) is 0 Å². The van der Waals surface area contributed by atoms with Crippen LogP contribution in [0.3, 0.4) is 0 Å². The maximum atomic E-state index is 12.5. The van der Waals surface area contributed by atoms with Crippen LogP contribution in [0.15, 0.2) is 54.1 Å². The lowest BCUT2D eigenvalue weighted by Crippen LogP contribution is -2.24. The van der Waals surface area contributed by atoms with Gasteiger partial charge in [-0.05, 0) is 39.3 Å². The quantitative estimate of drug-likeness (QED) is 0.691. The molecule has 0 saturated carbocycles. The summed E-state index contributed by atoms with van der Waals surface area (Å²) in [4.78, 5) is 12.5. The zero-order chi connectivity index (χ0) is 12.8. The smallest absolute Gasteiger partial charge is 0.168 e. The predicted molar refractivity (Wildman–Crippen MR) is 76.7 cm³/mol. The van der Waals surface area contributed by atoms with Gasteiger partial charge >= 0.3 is 0 Å². The van der Waals surface area contributed by atoms with Crippen LogP contribution in [-0.4, -0.2) is 5.78 Å². The van der Waals surface area contributed by atoms with Crippen LogP contribution in [0.1, 0.15) is 11.1 Å². The van der Waals surface area contributed by atoms with Crippen LogP contribution < -0.4 is 10.4 Å². The van der Waals surface area contributed by atoms with Crippen molar-refractivity contribution in [1.29, 1.82) is 0 Å². The van der Waals surface area contributed by atoms with Crippen molar-refractivity contribution in [2.45, 2.75) is 6.42 Å². The van der Waals surface area contributed by atoms with Crippen molar-refractivity contribution in [2.24, 2.45) is 0 Å². The topological polar surface area (TPSA) is 17.1 Å². The number of carbonyl (C=O) groups is 1. The van der Waals surface area contributed by atoms with Crippen LogP contribution in [0.25, 0.3) is 17.7 Å². The van der Waals surface area contributed by atoms with Crippen LogP contribution in [-0.2, 0) is 11.2 Å². The van der Waals surface area contributed by atoms with Gasteiger partial charge < -0.3 is 0 Å². The van der Waals surface area contributed by atoms with Crippen molar-refractivity contribution in [2.75, 3.05) is 0 Å².